The average molecular weight is 191 g/mol. The number of β-amino-alcohol motifs (C(OH)–C–C–N with tert-alkyl or cyclic N) is 1. The molecule has 0 bridgehead atoms. The fraction of sp³-hybridized carbons (Fsp3) is 1.00. The van der Waals surface area contributed by atoms with Crippen LogP contribution in [0.2, 0.25) is 0 Å². The molecule has 1 heterocycles. The molecule has 2 aliphatic rings. The number of alkyl halides is 2. The Morgan fingerprint density at radius 3 is 2.46 bits per heavy atom. The molecule has 0 radical (unpaired) electrons. The summed E-state index contributed by atoms with van der Waals surface area (Å²) < 4.78 is 25.8. The van der Waals surface area contributed by atoms with Gasteiger partial charge < -0.3 is 5.11 Å². The molecule has 0 aromatic rings. The third-order valence-electron chi connectivity index (χ3n) is 3.22. The van der Waals surface area contributed by atoms with E-state index in [9.17, 15) is 13.9 Å². The van der Waals surface area contributed by atoms with Crippen LogP contribution >= 0.6 is 0 Å². The zero-order valence-electron chi connectivity index (χ0n) is 7.55. The summed E-state index contributed by atoms with van der Waals surface area (Å²) in [4.78, 5) is 2.01. The Balaban J connectivity index is 1.90. The van der Waals surface area contributed by atoms with E-state index in [0.29, 0.717) is 12.6 Å². The average Bonchev–Trinajstić information content (AvgIpc) is 1.94. The van der Waals surface area contributed by atoms with E-state index in [2.05, 4.69) is 0 Å². The Morgan fingerprint density at radius 2 is 2.00 bits per heavy atom. The minimum atomic E-state index is -2.86. The van der Waals surface area contributed by atoms with Crippen LogP contribution in [0, 0.1) is 0 Å². The Hall–Kier alpha value is -0.220. The van der Waals surface area contributed by atoms with Gasteiger partial charge in [-0.2, -0.15) is 0 Å². The molecule has 0 aromatic carbocycles. The number of hydrogen-bond acceptors (Lipinski definition) is 2. The maximum absolute atomic E-state index is 12.9. The zero-order chi connectivity index (χ0) is 9.47. The van der Waals surface area contributed by atoms with Crippen LogP contribution in [-0.2, 0) is 0 Å². The van der Waals surface area contributed by atoms with Crippen LogP contribution in [0.15, 0.2) is 0 Å². The van der Waals surface area contributed by atoms with Crippen molar-refractivity contribution in [1.29, 1.82) is 0 Å². The minimum Gasteiger partial charge on any atom is -0.386 e. The second kappa shape index (κ2) is 3.17. The second-order valence-corrected chi connectivity index (χ2v) is 4.11. The zero-order valence-corrected chi connectivity index (χ0v) is 7.55. The van der Waals surface area contributed by atoms with E-state index < -0.39 is 12.0 Å². The molecule has 0 aromatic heterocycles. The van der Waals surface area contributed by atoms with Gasteiger partial charge in [-0.15, -0.1) is 0 Å². The van der Waals surface area contributed by atoms with Gasteiger partial charge in [0, 0.05) is 25.6 Å². The summed E-state index contributed by atoms with van der Waals surface area (Å²) in [6.45, 7) is 0.590. The lowest BCUT2D eigenvalue weighted by molar-refractivity contribution is -0.156. The van der Waals surface area contributed by atoms with E-state index >= 15 is 0 Å². The van der Waals surface area contributed by atoms with Gasteiger partial charge in [-0.05, 0) is 12.8 Å². The van der Waals surface area contributed by atoms with Gasteiger partial charge >= 0.3 is 0 Å². The highest BCUT2D eigenvalue weighted by Crippen LogP contribution is 2.33. The van der Waals surface area contributed by atoms with E-state index in [4.69, 9.17) is 0 Å². The van der Waals surface area contributed by atoms with Crippen molar-refractivity contribution in [3.8, 4) is 0 Å². The molecule has 1 N–H and O–H groups in total. The monoisotopic (exact) mass is 191 g/mol. The van der Waals surface area contributed by atoms with Crippen molar-refractivity contribution in [2.45, 2.75) is 43.8 Å². The summed E-state index contributed by atoms with van der Waals surface area (Å²) in [6, 6.07) is 0.464. The number of halogens is 2. The molecule has 0 amide bonds. The molecule has 0 spiro atoms. The molecule has 2 fully saturated rings. The van der Waals surface area contributed by atoms with Crippen LogP contribution in [0.3, 0.4) is 0 Å². The molecule has 2 rings (SSSR count). The number of piperidine rings is 1. The van der Waals surface area contributed by atoms with Crippen LogP contribution in [0.1, 0.15) is 25.7 Å². The number of hydrogen-bond donors (Lipinski definition) is 1. The van der Waals surface area contributed by atoms with Gasteiger partial charge in [-0.25, -0.2) is 8.78 Å². The Bertz CT molecular complexity index is 194. The van der Waals surface area contributed by atoms with Gasteiger partial charge in [0.2, 0.25) is 0 Å². The van der Waals surface area contributed by atoms with Gasteiger partial charge in [-0.3, -0.25) is 4.90 Å². The molecule has 4 heteroatoms. The van der Waals surface area contributed by atoms with Crippen LogP contribution < -0.4 is 0 Å². The van der Waals surface area contributed by atoms with Gasteiger partial charge in [0.1, 0.15) is 6.10 Å². The standard InChI is InChI=1S/C9H15F2NO/c10-9(11)4-5-12(6-8(9)13)7-2-1-3-7/h7-8,13H,1-6H2. The molecule has 1 saturated heterocycles. The van der Waals surface area contributed by atoms with E-state index in [0.717, 1.165) is 12.8 Å². The first kappa shape index (κ1) is 9.34. The van der Waals surface area contributed by atoms with Crippen molar-refractivity contribution in [1.82, 2.24) is 4.90 Å². The number of nitrogens with zero attached hydrogens (tertiary/aromatic N) is 1. The van der Waals surface area contributed by atoms with Crippen molar-refractivity contribution in [3.05, 3.63) is 0 Å². The van der Waals surface area contributed by atoms with Crippen LogP contribution in [0.5, 0.6) is 0 Å². The van der Waals surface area contributed by atoms with Gasteiger partial charge in [0.05, 0.1) is 0 Å². The third-order valence-corrected chi connectivity index (χ3v) is 3.22. The molecule has 1 aliphatic carbocycles. The molecule has 1 atom stereocenters. The van der Waals surface area contributed by atoms with Crippen LogP contribution in [-0.4, -0.2) is 41.2 Å². The van der Waals surface area contributed by atoms with Crippen molar-refractivity contribution >= 4 is 0 Å². The summed E-state index contributed by atoms with van der Waals surface area (Å²) in [5.74, 6) is -2.86. The van der Waals surface area contributed by atoms with Crippen molar-refractivity contribution in [2.75, 3.05) is 13.1 Å². The molecule has 13 heavy (non-hydrogen) atoms. The normalized spacial score (nSPS) is 35.8. The highest BCUT2D eigenvalue weighted by Gasteiger charge is 2.44. The van der Waals surface area contributed by atoms with Crippen LogP contribution in [0.25, 0.3) is 0 Å². The van der Waals surface area contributed by atoms with Crippen LogP contribution in [0.4, 0.5) is 8.78 Å². The second-order valence-electron chi connectivity index (χ2n) is 4.11. The van der Waals surface area contributed by atoms with Crippen molar-refractivity contribution < 1.29 is 13.9 Å². The molecular formula is C9H15F2NO. The summed E-state index contributed by atoms with van der Waals surface area (Å²) in [5.41, 5.74) is 0. The highest BCUT2D eigenvalue weighted by molar-refractivity contribution is 4.91. The first-order chi connectivity index (χ1) is 6.09. The predicted molar refractivity (Wildman–Crippen MR) is 44.8 cm³/mol. The number of rotatable bonds is 1. The SMILES string of the molecule is OC1CN(C2CCC2)CCC1(F)F. The van der Waals surface area contributed by atoms with Gasteiger partial charge in [-0.1, -0.05) is 6.42 Å². The molecule has 76 valence electrons. The summed E-state index contributed by atoms with van der Waals surface area (Å²) in [6.07, 6.45) is 1.77. The predicted octanol–water partition coefficient (Wildman–Crippen LogP) is 1.24. The summed E-state index contributed by atoms with van der Waals surface area (Å²) in [5, 5.41) is 9.18. The lowest BCUT2D eigenvalue weighted by atomic mass is 9.89. The maximum Gasteiger partial charge on any atom is 0.275 e. The summed E-state index contributed by atoms with van der Waals surface area (Å²) >= 11 is 0. The highest BCUT2D eigenvalue weighted by atomic mass is 19.3. The Morgan fingerprint density at radius 1 is 1.31 bits per heavy atom. The first-order valence-corrected chi connectivity index (χ1v) is 4.89. The van der Waals surface area contributed by atoms with Crippen molar-refractivity contribution in [2.24, 2.45) is 0 Å². The van der Waals surface area contributed by atoms with Gasteiger partial charge in [0.25, 0.3) is 5.92 Å². The molecule has 1 aliphatic heterocycles. The first-order valence-electron chi connectivity index (χ1n) is 4.89. The fourth-order valence-electron chi connectivity index (χ4n) is 1.99. The number of aliphatic hydroxyl groups excluding tert-OH is 1. The Labute approximate surface area is 76.5 Å². The number of likely N-dealkylation sites (tertiary alicyclic amines) is 1. The maximum atomic E-state index is 12.9. The van der Waals surface area contributed by atoms with Crippen molar-refractivity contribution in [3.63, 3.8) is 0 Å². The lowest BCUT2D eigenvalue weighted by Gasteiger charge is -2.43. The Kier molecular flexibility index (Phi) is 2.28. The topological polar surface area (TPSA) is 23.5 Å². The summed E-state index contributed by atoms with van der Waals surface area (Å²) in [7, 11) is 0. The van der Waals surface area contributed by atoms with E-state index in [1.54, 1.807) is 0 Å². The van der Waals surface area contributed by atoms with E-state index in [1.165, 1.54) is 6.42 Å². The number of aliphatic hydroxyl groups is 1. The fourth-order valence-corrected chi connectivity index (χ4v) is 1.99. The van der Waals surface area contributed by atoms with Gasteiger partial charge in [0.15, 0.2) is 0 Å². The molecule has 1 unspecified atom stereocenters. The lowest BCUT2D eigenvalue weighted by Crippen LogP contribution is -2.55. The van der Waals surface area contributed by atoms with E-state index in [1.807, 2.05) is 4.90 Å². The molecule has 2 nitrogen and oxygen atoms in total. The van der Waals surface area contributed by atoms with E-state index in [-0.39, 0.29) is 13.0 Å². The molecule has 1 saturated carbocycles. The quantitative estimate of drug-likeness (QED) is 0.674. The largest absolute Gasteiger partial charge is 0.386 e. The smallest absolute Gasteiger partial charge is 0.275 e. The minimum absolute atomic E-state index is 0.150. The third kappa shape index (κ3) is 1.70. The molecular weight excluding hydrogens is 176 g/mol.